The van der Waals surface area contributed by atoms with Gasteiger partial charge >= 0.3 is 5.63 Å². The average Bonchev–Trinajstić information content (AvgIpc) is 3.27. The van der Waals surface area contributed by atoms with Crippen molar-refractivity contribution in [3.8, 4) is 11.4 Å². The van der Waals surface area contributed by atoms with Gasteiger partial charge in [-0.15, -0.1) is 0 Å². The standard InChI is InChI=1S/C24H22N4O4/c1-16-6-8-17(9-7-16)22-25-21(32-26-22)15-27-10-12-28(13-11-27)23(29)19-14-18-4-2-3-5-20(18)31-24(19)30/h2-9,14H,10-13,15H2,1H3. The number of fused-ring (bicyclic) bond motifs is 1. The highest BCUT2D eigenvalue weighted by molar-refractivity contribution is 5.96. The number of aromatic nitrogens is 2. The van der Waals surface area contributed by atoms with Crippen LogP contribution in [0.3, 0.4) is 0 Å². The van der Waals surface area contributed by atoms with Gasteiger partial charge in [-0.3, -0.25) is 9.69 Å². The Hall–Kier alpha value is -3.78. The van der Waals surface area contributed by atoms with Crippen molar-refractivity contribution in [3.05, 3.63) is 82.0 Å². The van der Waals surface area contributed by atoms with Gasteiger partial charge in [0.25, 0.3) is 5.91 Å². The van der Waals surface area contributed by atoms with E-state index in [2.05, 4.69) is 15.0 Å². The lowest BCUT2D eigenvalue weighted by atomic mass is 10.1. The molecule has 1 fully saturated rings. The fourth-order valence-corrected chi connectivity index (χ4v) is 3.82. The highest BCUT2D eigenvalue weighted by Gasteiger charge is 2.26. The van der Waals surface area contributed by atoms with Gasteiger partial charge in [-0.2, -0.15) is 4.98 Å². The summed E-state index contributed by atoms with van der Waals surface area (Å²) in [5.74, 6) is 0.802. The molecule has 8 heteroatoms. The van der Waals surface area contributed by atoms with Crippen molar-refractivity contribution in [2.75, 3.05) is 26.2 Å². The summed E-state index contributed by atoms with van der Waals surface area (Å²) in [6.45, 7) is 4.84. The first kappa shape index (κ1) is 20.1. The molecule has 5 rings (SSSR count). The molecular formula is C24H22N4O4. The first-order valence-electron chi connectivity index (χ1n) is 10.5. The molecule has 162 valence electrons. The summed E-state index contributed by atoms with van der Waals surface area (Å²) < 4.78 is 10.7. The second-order valence-electron chi connectivity index (χ2n) is 7.93. The smallest absolute Gasteiger partial charge is 0.349 e. The fourth-order valence-electron chi connectivity index (χ4n) is 3.82. The number of benzene rings is 2. The van der Waals surface area contributed by atoms with Gasteiger partial charge in [0.1, 0.15) is 11.1 Å². The lowest BCUT2D eigenvalue weighted by molar-refractivity contribution is 0.0611. The van der Waals surface area contributed by atoms with Gasteiger partial charge < -0.3 is 13.8 Å². The van der Waals surface area contributed by atoms with E-state index in [0.29, 0.717) is 50.0 Å². The van der Waals surface area contributed by atoms with Gasteiger partial charge in [0.05, 0.1) is 6.54 Å². The lowest BCUT2D eigenvalue weighted by Gasteiger charge is -2.33. The largest absolute Gasteiger partial charge is 0.422 e. The number of amides is 1. The zero-order valence-corrected chi connectivity index (χ0v) is 17.7. The third-order valence-corrected chi connectivity index (χ3v) is 5.67. The van der Waals surface area contributed by atoms with E-state index in [4.69, 9.17) is 8.94 Å². The van der Waals surface area contributed by atoms with Crippen LogP contribution in [0.25, 0.3) is 22.4 Å². The number of rotatable bonds is 4. The molecule has 0 unspecified atom stereocenters. The molecule has 0 aliphatic carbocycles. The molecule has 0 atom stereocenters. The van der Waals surface area contributed by atoms with Crippen LogP contribution in [0.15, 0.2) is 68.3 Å². The number of para-hydroxylation sites is 1. The minimum Gasteiger partial charge on any atom is -0.422 e. The van der Waals surface area contributed by atoms with Crippen molar-refractivity contribution in [1.82, 2.24) is 19.9 Å². The summed E-state index contributed by atoms with van der Waals surface area (Å²) in [4.78, 5) is 33.6. The SMILES string of the molecule is Cc1ccc(-c2noc(CN3CCN(C(=O)c4cc5ccccc5oc4=O)CC3)n2)cc1. The minimum atomic E-state index is -0.606. The third-order valence-electron chi connectivity index (χ3n) is 5.67. The van der Waals surface area contributed by atoms with E-state index >= 15 is 0 Å². The molecule has 1 saturated heterocycles. The Morgan fingerprint density at radius 2 is 1.78 bits per heavy atom. The van der Waals surface area contributed by atoms with Crippen LogP contribution in [-0.4, -0.2) is 52.0 Å². The maximum Gasteiger partial charge on any atom is 0.349 e. The van der Waals surface area contributed by atoms with Crippen LogP contribution in [0, 0.1) is 6.92 Å². The number of hydrogen-bond acceptors (Lipinski definition) is 7. The van der Waals surface area contributed by atoms with Crippen molar-refractivity contribution in [2.45, 2.75) is 13.5 Å². The first-order chi connectivity index (χ1) is 15.6. The molecule has 0 bridgehead atoms. The van der Waals surface area contributed by atoms with Crippen molar-refractivity contribution in [2.24, 2.45) is 0 Å². The van der Waals surface area contributed by atoms with E-state index in [1.54, 1.807) is 23.1 Å². The Bertz CT molecular complexity index is 1320. The second-order valence-corrected chi connectivity index (χ2v) is 7.93. The van der Waals surface area contributed by atoms with E-state index < -0.39 is 5.63 Å². The van der Waals surface area contributed by atoms with Crippen LogP contribution in [0.5, 0.6) is 0 Å². The van der Waals surface area contributed by atoms with Crippen LogP contribution >= 0.6 is 0 Å². The van der Waals surface area contributed by atoms with Crippen molar-refractivity contribution in [3.63, 3.8) is 0 Å². The number of carbonyl (C=O) groups is 1. The summed E-state index contributed by atoms with van der Waals surface area (Å²) in [7, 11) is 0. The molecule has 2 aromatic carbocycles. The quantitative estimate of drug-likeness (QED) is 0.459. The Kier molecular flexibility index (Phi) is 5.28. The van der Waals surface area contributed by atoms with Crippen LogP contribution in [-0.2, 0) is 6.54 Å². The topological polar surface area (TPSA) is 92.7 Å². The van der Waals surface area contributed by atoms with Crippen molar-refractivity contribution in [1.29, 1.82) is 0 Å². The number of piperazine rings is 1. The number of nitrogens with zero attached hydrogens (tertiary/aromatic N) is 4. The van der Waals surface area contributed by atoms with E-state index in [1.807, 2.05) is 43.3 Å². The molecule has 32 heavy (non-hydrogen) atoms. The molecule has 0 spiro atoms. The van der Waals surface area contributed by atoms with E-state index in [-0.39, 0.29) is 11.5 Å². The van der Waals surface area contributed by atoms with Crippen LogP contribution < -0.4 is 5.63 Å². The predicted molar refractivity (Wildman–Crippen MR) is 118 cm³/mol. The van der Waals surface area contributed by atoms with Crippen molar-refractivity contribution < 1.29 is 13.7 Å². The number of carbonyl (C=O) groups excluding carboxylic acids is 1. The van der Waals surface area contributed by atoms with Gasteiger partial charge in [0.2, 0.25) is 11.7 Å². The molecule has 0 N–H and O–H groups in total. The van der Waals surface area contributed by atoms with Crippen LogP contribution in [0.1, 0.15) is 21.8 Å². The van der Waals surface area contributed by atoms with E-state index in [1.165, 1.54) is 5.56 Å². The van der Waals surface area contributed by atoms with Crippen LogP contribution in [0.4, 0.5) is 0 Å². The zero-order valence-electron chi connectivity index (χ0n) is 17.7. The Morgan fingerprint density at radius 3 is 2.56 bits per heavy atom. The monoisotopic (exact) mass is 430 g/mol. The maximum atomic E-state index is 12.9. The minimum absolute atomic E-state index is 0.0665. The lowest BCUT2D eigenvalue weighted by Crippen LogP contribution is -2.49. The highest BCUT2D eigenvalue weighted by atomic mass is 16.5. The van der Waals surface area contributed by atoms with Gasteiger partial charge in [0.15, 0.2) is 0 Å². The highest BCUT2D eigenvalue weighted by Crippen LogP contribution is 2.18. The summed E-state index contributed by atoms with van der Waals surface area (Å²) in [5, 5.41) is 4.81. The molecule has 0 radical (unpaired) electrons. The summed E-state index contributed by atoms with van der Waals surface area (Å²) in [6.07, 6.45) is 0. The second kappa shape index (κ2) is 8.39. The van der Waals surface area contributed by atoms with E-state index in [9.17, 15) is 9.59 Å². The molecule has 8 nitrogen and oxygen atoms in total. The Morgan fingerprint density at radius 1 is 1.03 bits per heavy atom. The van der Waals surface area contributed by atoms with Crippen LogP contribution in [0.2, 0.25) is 0 Å². The molecule has 4 aromatic rings. The maximum absolute atomic E-state index is 12.9. The van der Waals surface area contributed by atoms with Gasteiger partial charge in [-0.05, 0) is 19.1 Å². The predicted octanol–water partition coefficient (Wildman–Crippen LogP) is 3.11. The molecule has 1 aliphatic rings. The molecule has 1 amide bonds. The van der Waals surface area contributed by atoms with Gasteiger partial charge in [-0.25, -0.2) is 4.79 Å². The number of aryl methyl sites for hydroxylation is 1. The zero-order chi connectivity index (χ0) is 22.1. The van der Waals surface area contributed by atoms with Crippen molar-refractivity contribution >= 4 is 16.9 Å². The molecule has 1 aliphatic heterocycles. The first-order valence-corrected chi connectivity index (χ1v) is 10.5. The van der Waals surface area contributed by atoms with E-state index in [0.717, 1.165) is 10.9 Å². The summed E-state index contributed by atoms with van der Waals surface area (Å²) in [6, 6.07) is 16.7. The number of hydrogen-bond donors (Lipinski definition) is 0. The normalized spacial score (nSPS) is 14.7. The van der Waals surface area contributed by atoms with Gasteiger partial charge in [-0.1, -0.05) is 53.2 Å². The summed E-state index contributed by atoms with van der Waals surface area (Å²) >= 11 is 0. The summed E-state index contributed by atoms with van der Waals surface area (Å²) in [5.41, 5.74) is 2.02. The molecule has 2 aromatic heterocycles. The molecule has 0 saturated carbocycles. The third kappa shape index (κ3) is 4.04. The Balaban J connectivity index is 1.22. The average molecular weight is 430 g/mol. The fraction of sp³-hybridized carbons (Fsp3) is 0.250. The molecular weight excluding hydrogens is 408 g/mol. The Labute approximate surface area is 184 Å². The van der Waals surface area contributed by atoms with Gasteiger partial charge in [0, 0.05) is 37.1 Å². The molecule has 3 heterocycles.